The van der Waals surface area contributed by atoms with Crippen LogP contribution in [0.3, 0.4) is 0 Å². The fourth-order valence-electron chi connectivity index (χ4n) is 1.57. The standard InChI is InChI=1S/C13H21NO3S/c1-10(8-12-5-4-11(2)18-12)14-13(15)9-17-7-6-16-3/h4-5,10H,6-9H2,1-3H3,(H,14,15). The van der Waals surface area contributed by atoms with E-state index in [4.69, 9.17) is 9.47 Å². The molecule has 0 saturated heterocycles. The zero-order valence-corrected chi connectivity index (χ0v) is 12.0. The van der Waals surface area contributed by atoms with Crippen molar-refractivity contribution in [1.82, 2.24) is 5.32 Å². The molecule has 0 aliphatic carbocycles. The van der Waals surface area contributed by atoms with Gasteiger partial charge in [-0.05, 0) is 26.0 Å². The zero-order chi connectivity index (χ0) is 13.4. The summed E-state index contributed by atoms with van der Waals surface area (Å²) in [6.07, 6.45) is 0.863. The average Bonchev–Trinajstić information content (AvgIpc) is 2.70. The van der Waals surface area contributed by atoms with E-state index in [9.17, 15) is 4.79 Å². The third kappa shape index (κ3) is 6.14. The second kappa shape index (κ2) is 8.24. The Bertz CT molecular complexity index is 365. The molecule has 1 rings (SSSR count). The van der Waals surface area contributed by atoms with Crippen LogP contribution in [0.4, 0.5) is 0 Å². The van der Waals surface area contributed by atoms with Crippen molar-refractivity contribution in [2.24, 2.45) is 0 Å². The Morgan fingerprint density at radius 3 is 2.83 bits per heavy atom. The summed E-state index contributed by atoms with van der Waals surface area (Å²) in [6.45, 7) is 5.14. The van der Waals surface area contributed by atoms with Crippen molar-refractivity contribution in [3.63, 3.8) is 0 Å². The number of amides is 1. The number of rotatable bonds is 8. The summed E-state index contributed by atoms with van der Waals surface area (Å²) >= 11 is 1.77. The van der Waals surface area contributed by atoms with Gasteiger partial charge < -0.3 is 14.8 Å². The van der Waals surface area contributed by atoms with Crippen LogP contribution in [0.25, 0.3) is 0 Å². The molecule has 102 valence electrons. The molecule has 5 heteroatoms. The van der Waals surface area contributed by atoms with Crippen LogP contribution in [0, 0.1) is 6.92 Å². The van der Waals surface area contributed by atoms with Crippen molar-refractivity contribution in [3.05, 3.63) is 21.9 Å². The highest BCUT2D eigenvalue weighted by Crippen LogP contribution is 2.16. The number of aryl methyl sites for hydroxylation is 1. The summed E-state index contributed by atoms with van der Waals surface area (Å²) in [6, 6.07) is 4.33. The SMILES string of the molecule is COCCOCC(=O)NC(C)Cc1ccc(C)s1. The summed E-state index contributed by atoms with van der Waals surface area (Å²) in [7, 11) is 1.61. The number of hydrogen-bond acceptors (Lipinski definition) is 4. The van der Waals surface area contributed by atoms with Gasteiger partial charge in [-0.1, -0.05) is 0 Å². The molecule has 1 aromatic heterocycles. The van der Waals surface area contributed by atoms with E-state index in [0.29, 0.717) is 13.2 Å². The fourth-order valence-corrected chi connectivity index (χ4v) is 2.59. The molecule has 1 N–H and O–H groups in total. The second-order valence-corrected chi connectivity index (χ2v) is 5.60. The van der Waals surface area contributed by atoms with Crippen molar-refractivity contribution in [3.8, 4) is 0 Å². The predicted octanol–water partition coefficient (Wildman–Crippen LogP) is 1.77. The molecule has 4 nitrogen and oxygen atoms in total. The summed E-state index contributed by atoms with van der Waals surface area (Å²) in [5, 5.41) is 2.92. The summed E-state index contributed by atoms with van der Waals surface area (Å²) in [5.41, 5.74) is 0. The molecule has 0 aromatic carbocycles. The van der Waals surface area contributed by atoms with Crippen LogP contribution >= 0.6 is 11.3 Å². The van der Waals surface area contributed by atoms with E-state index in [1.54, 1.807) is 18.4 Å². The number of ether oxygens (including phenoxy) is 2. The van der Waals surface area contributed by atoms with Crippen molar-refractivity contribution in [1.29, 1.82) is 0 Å². The van der Waals surface area contributed by atoms with E-state index in [2.05, 4.69) is 24.4 Å². The highest BCUT2D eigenvalue weighted by atomic mass is 32.1. The van der Waals surface area contributed by atoms with Crippen LogP contribution < -0.4 is 5.32 Å². The molecular formula is C13H21NO3S. The molecule has 0 spiro atoms. The van der Waals surface area contributed by atoms with Crippen LogP contribution in [-0.4, -0.2) is 38.9 Å². The van der Waals surface area contributed by atoms with Crippen molar-refractivity contribution in [2.45, 2.75) is 26.3 Å². The van der Waals surface area contributed by atoms with E-state index in [1.165, 1.54) is 9.75 Å². The van der Waals surface area contributed by atoms with Crippen molar-refractivity contribution in [2.75, 3.05) is 26.9 Å². The van der Waals surface area contributed by atoms with Crippen molar-refractivity contribution < 1.29 is 14.3 Å². The largest absolute Gasteiger partial charge is 0.382 e. The van der Waals surface area contributed by atoms with Crippen LogP contribution in [0.1, 0.15) is 16.7 Å². The minimum atomic E-state index is -0.0770. The van der Waals surface area contributed by atoms with E-state index < -0.39 is 0 Å². The van der Waals surface area contributed by atoms with E-state index >= 15 is 0 Å². The second-order valence-electron chi connectivity index (χ2n) is 4.23. The highest BCUT2D eigenvalue weighted by Gasteiger charge is 2.09. The highest BCUT2D eigenvalue weighted by molar-refractivity contribution is 7.11. The molecule has 1 atom stereocenters. The Kier molecular flexibility index (Phi) is 6.93. The Hall–Kier alpha value is -0.910. The van der Waals surface area contributed by atoms with Gasteiger partial charge in [-0.3, -0.25) is 4.79 Å². The first-order valence-corrected chi connectivity index (χ1v) is 6.85. The molecule has 0 bridgehead atoms. The number of thiophene rings is 1. The number of carbonyl (C=O) groups is 1. The van der Waals surface area contributed by atoms with Gasteiger partial charge in [0.2, 0.25) is 5.91 Å². The van der Waals surface area contributed by atoms with Gasteiger partial charge in [0.1, 0.15) is 6.61 Å². The van der Waals surface area contributed by atoms with Crippen LogP contribution in [0.5, 0.6) is 0 Å². The minimum Gasteiger partial charge on any atom is -0.382 e. The first-order chi connectivity index (χ1) is 8.61. The van der Waals surface area contributed by atoms with Gasteiger partial charge in [0, 0.05) is 29.3 Å². The zero-order valence-electron chi connectivity index (χ0n) is 11.2. The van der Waals surface area contributed by atoms with Gasteiger partial charge in [-0.25, -0.2) is 0 Å². The van der Waals surface area contributed by atoms with Gasteiger partial charge in [0.25, 0.3) is 0 Å². The molecule has 18 heavy (non-hydrogen) atoms. The summed E-state index contributed by atoms with van der Waals surface area (Å²) < 4.78 is 9.99. The van der Waals surface area contributed by atoms with Crippen LogP contribution in [0.2, 0.25) is 0 Å². The van der Waals surface area contributed by atoms with Gasteiger partial charge in [-0.2, -0.15) is 0 Å². The first-order valence-electron chi connectivity index (χ1n) is 6.03. The monoisotopic (exact) mass is 271 g/mol. The molecule has 0 aliphatic heterocycles. The molecule has 1 unspecified atom stereocenters. The van der Waals surface area contributed by atoms with Gasteiger partial charge in [-0.15, -0.1) is 11.3 Å². The maximum absolute atomic E-state index is 11.5. The lowest BCUT2D eigenvalue weighted by Gasteiger charge is -2.13. The number of hydrogen-bond donors (Lipinski definition) is 1. The van der Waals surface area contributed by atoms with E-state index in [0.717, 1.165) is 6.42 Å². The van der Waals surface area contributed by atoms with Gasteiger partial charge in [0.05, 0.1) is 13.2 Å². The lowest BCUT2D eigenvalue weighted by Crippen LogP contribution is -2.36. The molecule has 1 aromatic rings. The smallest absolute Gasteiger partial charge is 0.246 e. The van der Waals surface area contributed by atoms with E-state index in [-0.39, 0.29) is 18.6 Å². The molecule has 1 amide bonds. The first kappa shape index (κ1) is 15.1. The fraction of sp³-hybridized carbons (Fsp3) is 0.615. The Morgan fingerprint density at radius 1 is 1.44 bits per heavy atom. The lowest BCUT2D eigenvalue weighted by atomic mass is 10.2. The van der Waals surface area contributed by atoms with Crippen molar-refractivity contribution >= 4 is 17.2 Å². The molecular weight excluding hydrogens is 250 g/mol. The van der Waals surface area contributed by atoms with Crippen LogP contribution in [0.15, 0.2) is 12.1 Å². The van der Waals surface area contributed by atoms with E-state index in [1.807, 2.05) is 6.92 Å². The predicted molar refractivity (Wildman–Crippen MR) is 73.1 cm³/mol. The number of methoxy groups -OCH3 is 1. The minimum absolute atomic E-state index is 0.0770. The summed E-state index contributed by atoms with van der Waals surface area (Å²) in [5.74, 6) is -0.0770. The van der Waals surface area contributed by atoms with Gasteiger partial charge in [0.15, 0.2) is 0 Å². The summed E-state index contributed by atoms with van der Waals surface area (Å²) in [4.78, 5) is 14.1. The number of carbonyl (C=O) groups excluding carboxylic acids is 1. The number of nitrogens with one attached hydrogen (secondary N) is 1. The normalized spacial score (nSPS) is 12.4. The molecule has 0 saturated carbocycles. The quantitative estimate of drug-likeness (QED) is 0.733. The maximum atomic E-state index is 11.5. The van der Waals surface area contributed by atoms with Gasteiger partial charge >= 0.3 is 0 Å². The topological polar surface area (TPSA) is 47.6 Å². The Morgan fingerprint density at radius 2 is 2.22 bits per heavy atom. The molecule has 0 fully saturated rings. The van der Waals surface area contributed by atoms with Crippen LogP contribution in [-0.2, 0) is 20.7 Å². The molecule has 0 radical (unpaired) electrons. The third-order valence-corrected chi connectivity index (χ3v) is 3.40. The average molecular weight is 271 g/mol. The maximum Gasteiger partial charge on any atom is 0.246 e. The molecule has 0 aliphatic rings. The Labute approximate surface area is 112 Å². The molecule has 1 heterocycles. The lowest BCUT2D eigenvalue weighted by molar-refractivity contribution is -0.126. The Balaban J connectivity index is 2.19. The third-order valence-electron chi connectivity index (χ3n) is 2.38.